The zero-order valence-corrected chi connectivity index (χ0v) is 9.82. The van der Waals surface area contributed by atoms with Crippen molar-refractivity contribution in [1.29, 1.82) is 0 Å². The number of carboxylic acids is 1. The molecule has 3 unspecified atom stereocenters. The first kappa shape index (κ1) is 11.4. The van der Waals surface area contributed by atoms with E-state index in [9.17, 15) is 15.0 Å². The molecule has 0 spiro atoms. The lowest BCUT2D eigenvalue weighted by Gasteiger charge is -2.47. The van der Waals surface area contributed by atoms with Crippen molar-refractivity contribution < 1.29 is 19.7 Å². The van der Waals surface area contributed by atoms with Crippen LogP contribution in [0.2, 0.25) is 0 Å². The van der Waals surface area contributed by atoms with Gasteiger partial charge in [-0.25, -0.2) is 0 Å². The number of carboxylic acid groups (broad SMARTS) is 1. The maximum atomic E-state index is 11.8. The van der Waals surface area contributed by atoms with Gasteiger partial charge in [0.1, 0.15) is 5.41 Å². The smallest absolute Gasteiger partial charge is 0.315 e. The Balaban J connectivity index is 1.97. The van der Waals surface area contributed by atoms with Gasteiger partial charge in [0, 0.05) is 0 Å². The fraction of sp³-hybridized carbons (Fsp3) is 0.917. The molecule has 0 radical (unpaired) electrons. The van der Waals surface area contributed by atoms with E-state index in [0.29, 0.717) is 32.4 Å². The molecule has 3 atom stereocenters. The monoisotopic (exact) mass is 241 g/mol. The number of piperidine rings is 1. The number of hydrogen-bond acceptors (Lipinski definition) is 4. The Kier molecular flexibility index (Phi) is 2.47. The van der Waals surface area contributed by atoms with Crippen molar-refractivity contribution in [1.82, 2.24) is 5.32 Å². The average Bonchev–Trinajstić information content (AvgIpc) is 2.90. The van der Waals surface area contributed by atoms with Gasteiger partial charge in [-0.15, -0.1) is 0 Å². The Morgan fingerprint density at radius 2 is 2.00 bits per heavy atom. The molecule has 3 aliphatic heterocycles. The summed E-state index contributed by atoms with van der Waals surface area (Å²) >= 11 is 0. The van der Waals surface area contributed by atoms with Crippen molar-refractivity contribution in [2.75, 3.05) is 13.1 Å². The second-order valence-electron chi connectivity index (χ2n) is 5.59. The molecule has 3 N–H and O–H groups in total. The van der Waals surface area contributed by atoms with Crippen molar-refractivity contribution in [3.05, 3.63) is 0 Å². The first-order valence-corrected chi connectivity index (χ1v) is 6.40. The Morgan fingerprint density at radius 3 is 2.47 bits per heavy atom. The third-order valence-electron chi connectivity index (χ3n) is 4.85. The minimum Gasteiger partial charge on any atom is -0.481 e. The van der Waals surface area contributed by atoms with Gasteiger partial charge in [-0.05, 0) is 45.2 Å². The highest BCUT2D eigenvalue weighted by atomic mass is 16.5. The van der Waals surface area contributed by atoms with E-state index < -0.39 is 17.0 Å². The second kappa shape index (κ2) is 3.67. The van der Waals surface area contributed by atoms with Crippen LogP contribution in [0, 0.1) is 5.41 Å². The maximum Gasteiger partial charge on any atom is 0.315 e. The topological polar surface area (TPSA) is 78.8 Å². The van der Waals surface area contributed by atoms with Gasteiger partial charge < -0.3 is 20.3 Å². The van der Waals surface area contributed by atoms with Crippen LogP contribution in [0.15, 0.2) is 0 Å². The van der Waals surface area contributed by atoms with Crippen molar-refractivity contribution in [3.63, 3.8) is 0 Å². The first-order valence-electron chi connectivity index (χ1n) is 6.40. The lowest BCUT2D eigenvalue weighted by atomic mass is 9.60. The van der Waals surface area contributed by atoms with E-state index in [1.165, 1.54) is 0 Å². The van der Waals surface area contributed by atoms with Gasteiger partial charge in [0.15, 0.2) is 0 Å². The van der Waals surface area contributed by atoms with E-state index in [-0.39, 0.29) is 12.2 Å². The lowest BCUT2D eigenvalue weighted by Crippen LogP contribution is -2.61. The van der Waals surface area contributed by atoms with E-state index in [4.69, 9.17) is 4.74 Å². The number of aliphatic hydroxyl groups is 1. The molecule has 5 nitrogen and oxygen atoms in total. The summed E-state index contributed by atoms with van der Waals surface area (Å²) in [7, 11) is 0. The molecule has 3 saturated heterocycles. The van der Waals surface area contributed by atoms with Gasteiger partial charge in [-0.3, -0.25) is 4.79 Å². The lowest BCUT2D eigenvalue weighted by molar-refractivity contribution is -0.183. The van der Waals surface area contributed by atoms with E-state index in [0.717, 1.165) is 12.8 Å². The number of fused-ring (bicyclic) bond motifs is 2. The molecule has 0 aliphatic carbocycles. The highest BCUT2D eigenvalue weighted by Crippen LogP contribution is 2.56. The van der Waals surface area contributed by atoms with Crippen LogP contribution in [-0.2, 0) is 9.53 Å². The predicted molar refractivity (Wildman–Crippen MR) is 59.6 cm³/mol. The summed E-state index contributed by atoms with van der Waals surface area (Å²) in [6, 6.07) is 0. The Morgan fingerprint density at radius 1 is 1.29 bits per heavy atom. The summed E-state index contributed by atoms with van der Waals surface area (Å²) in [6.07, 6.45) is 2.94. The molecular weight excluding hydrogens is 222 g/mol. The van der Waals surface area contributed by atoms with Crippen LogP contribution in [0.1, 0.15) is 32.1 Å². The molecule has 3 fully saturated rings. The van der Waals surface area contributed by atoms with Crippen LogP contribution < -0.4 is 5.32 Å². The summed E-state index contributed by atoms with van der Waals surface area (Å²) in [5, 5.41) is 23.6. The van der Waals surface area contributed by atoms with Crippen LogP contribution in [0.3, 0.4) is 0 Å². The third-order valence-corrected chi connectivity index (χ3v) is 4.85. The fourth-order valence-corrected chi connectivity index (χ4v) is 3.91. The Labute approximate surface area is 100 Å². The molecule has 0 amide bonds. The predicted octanol–water partition coefficient (Wildman–Crippen LogP) is 0.123. The second-order valence-corrected chi connectivity index (χ2v) is 5.59. The quantitative estimate of drug-likeness (QED) is 0.640. The average molecular weight is 241 g/mol. The van der Waals surface area contributed by atoms with E-state index in [1.54, 1.807) is 0 Å². The third kappa shape index (κ3) is 1.39. The molecular formula is C12H19NO4. The Bertz CT molecular complexity index is 339. The SMILES string of the molecule is O=C(O)C1(C2(O)CCNCC2)CC2CCC1O2. The molecule has 2 bridgehead atoms. The fourth-order valence-electron chi connectivity index (χ4n) is 3.91. The van der Waals surface area contributed by atoms with Gasteiger partial charge in [0.2, 0.25) is 0 Å². The van der Waals surface area contributed by atoms with Gasteiger partial charge in [-0.1, -0.05) is 0 Å². The summed E-state index contributed by atoms with van der Waals surface area (Å²) in [4.78, 5) is 11.8. The molecule has 0 aromatic heterocycles. The minimum absolute atomic E-state index is 0.0370. The van der Waals surface area contributed by atoms with Crippen molar-refractivity contribution >= 4 is 5.97 Å². The number of ether oxygens (including phenoxy) is 1. The molecule has 0 aromatic carbocycles. The molecule has 17 heavy (non-hydrogen) atoms. The largest absolute Gasteiger partial charge is 0.481 e. The summed E-state index contributed by atoms with van der Waals surface area (Å²) < 4.78 is 5.71. The molecule has 5 heteroatoms. The normalized spacial score (nSPS) is 43.8. The van der Waals surface area contributed by atoms with Gasteiger partial charge >= 0.3 is 5.97 Å². The minimum atomic E-state index is -1.11. The van der Waals surface area contributed by atoms with Crippen molar-refractivity contribution in [2.24, 2.45) is 5.41 Å². The number of nitrogens with one attached hydrogen (secondary N) is 1. The zero-order valence-electron chi connectivity index (χ0n) is 9.82. The first-order chi connectivity index (χ1) is 8.08. The zero-order chi connectivity index (χ0) is 12.1. The van der Waals surface area contributed by atoms with Gasteiger partial charge in [0.05, 0.1) is 17.8 Å². The van der Waals surface area contributed by atoms with Crippen LogP contribution in [0.5, 0.6) is 0 Å². The molecule has 0 aromatic rings. The van der Waals surface area contributed by atoms with E-state index in [2.05, 4.69) is 5.32 Å². The van der Waals surface area contributed by atoms with Crippen molar-refractivity contribution in [3.8, 4) is 0 Å². The Hall–Kier alpha value is -0.650. The molecule has 0 saturated carbocycles. The number of rotatable bonds is 2. The highest BCUT2D eigenvalue weighted by molar-refractivity contribution is 5.78. The van der Waals surface area contributed by atoms with Crippen LogP contribution >= 0.6 is 0 Å². The molecule has 3 aliphatic rings. The van der Waals surface area contributed by atoms with E-state index in [1.807, 2.05) is 0 Å². The van der Waals surface area contributed by atoms with Crippen LogP contribution in [-0.4, -0.2) is 47.1 Å². The molecule has 3 heterocycles. The van der Waals surface area contributed by atoms with E-state index >= 15 is 0 Å². The van der Waals surface area contributed by atoms with Crippen LogP contribution in [0.25, 0.3) is 0 Å². The summed E-state index contributed by atoms with van der Waals surface area (Å²) in [5.74, 6) is -0.880. The number of aliphatic carboxylic acids is 1. The summed E-state index contributed by atoms with van der Waals surface area (Å²) in [6.45, 7) is 1.37. The number of hydrogen-bond donors (Lipinski definition) is 3. The molecule has 3 rings (SSSR count). The standard InChI is InChI=1S/C12H19NO4/c14-10(15)12(7-8-1-2-9(12)17-8)11(16)3-5-13-6-4-11/h8-9,13,16H,1-7H2,(H,14,15). The van der Waals surface area contributed by atoms with Gasteiger partial charge in [-0.2, -0.15) is 0 Å². The van der Waals surface area contributed by atoms with Crippen molar-refractivity contribution in [2.45, 2.75) is 49.9 Å². The summed E-state index contributed by atoms with van der Waals surface area (Å²) in [5.41, 5.74) is -2.18. The molecule has 96 valence electrons. The highest BCUT2D eigenvalue weighted by Gasteiger charge is 2.67. The maximum absolute atomic E-state index is 11.8. The van der Waals surface area contributed by atoms with Gasteiger partial charge in [0.25, 0.3) is 0 Å². The van der Waals surface area contributed by atoms with Crippen LogP contribution in [0.4, 0.5) is 0 Å². The number of carbonyl (C=O) groups is 1.